The zero-order valence-corrected chi connectivity index (χ0v) is 16.8. The lowest BCUT2D eigenvalue weighted by Crippen LogP contribution is -2.59. The maximum atomic E-state index is 16.0. The molecule has 0 aromatic carbocycles. The van der Waals surface area contributed by atoms with Crippen molar-refractivity contribution < 1.29 is 18.7 Å². The molecule has 4 heteroatoms. The summed E-state index contributed by atoms with van der Waals surface area (Å²) < 4.78 is 22.0. The Bertz CT molecular complexity index is 854. The highest BCUT2D eigenvalue weighted by atomic mass is 19.1. The van der Waals surface area contributed by atoms with Crippen LogP contribution in [0.5, 0.6) is 0 Å². The van der Waals surface area contributed by atoms with Crippen molar-refractivity contribution in [1.82, 2.24) is 0 Å². The summed E-state index contributed by atoms with van der Waals surface area (Å²) in [5, 5.41) is 0. The largest absolute Gasteiger partial charge is 0.458 e. The molecule has 0 bridgehead atoms. The van der Waals surface area contributed by atoms with Gasteiger partial charge in [0.15, 0.2) is 5.78 Å². The van der Waals surface area contributed by atoms with Gasteiger partial charge in [0.05, 0.1) is 0 Å². The molecule has 28 heavy (non-hydrogen) atoms. The van der Waals surface area contributed by atoms with E-state index in [0.29, 0.717) is 24.7 Å². The number of ether oxygens (including phenoxy) is 1. The Morgan fingerprint density at radius 1 is 1.11 bits per heavy atom. The number of fused-ring (bicyclic) bond motifs is 7. The average molecular weight is 384 g/mol. The molecule has 1 saturated heterocycles. The van der Waals surface area contributed by atoms with Crippen LogP contribution in [0.15, 0.2) is 23.8 Å². The van der Waals surface area contributed by atoms with E-state index in [2.05, 4.69) is 13.8 Å². The van der Waals surface area contributed by atoms with Crippen LogP contribution in [-0.2, 0) is 14.3 Å². The van der Waals surface area contributed by atoms with Crippen molar-refractivity contribution in [2.24, 2.45) is 34.0 Å². The van der Waals surface area contributed by atoms with E-state index in [1.165, 1.54) is 5.57 Å². The molecule has 3 unspecified atom stereocenters. The van der Waals surface area contributed by atoms with Gasteiger partial charge in [0.2, 0.25) is 0 Å². The topological polar surface area (TPSA) is 43.4 Å². The standard InChI is InChI=1S/C24H29FO3/c1-21-6-3-14(26)11-18(21)23(9-10-23)12-15-16-4-7-24(8-5-19(27)28-24)22(16,2)13-17(25)20(15)21/h3,6,11,15-17,20H,4-5,7-10,12-13H2,1-2H3/t15?,16?,17-,20?,21-,22-,24+/m0/s1. The minimum atomic E-state index is -0.928. The highest BCUT2D eigenvalue weighted by Crippen LogP contribution is 2.75. The lowest BCUT2D eigenvalue weighted by molar-refractivity contribution is -0.176. The van der Waals surface area contributed by atoms with Gasteiger partial charge in [-0.15, -0.1) is 0 Å². The summed E-state index contributed by atoms with van der Waals surface area (Å²) in [5.74, 6) is 0.588. The number of halogens is 1. The summed E-state index contributed by atoms with van der Waals surface area (Å²) in [6.45, 7) is 4.38. The Labute approximate surface area is 165 Å². The highest BCUT2D eigenvalue weighted by Gasteiger charge is 2.72. The summed E-state index contributed by atoms with van der Waals surface area (Å²) >= 11 is 0. The number of hydrogen-bond acceptors (Lipinski definition) is 3. The molecule has 6 rings (SSSR count). The highest BCUT2D eigenvalue weighted by molar-refractivity contribution is 6.01. The van der Waals surface area contributed by atoms with E-state index < -0.39 is 11.8 Å². The quantitative estimate of drug-likeness (QED) is 0.568. The van der Waals surface area contributed by atoms with Gasteiger partial charge >= 0.3 is 5.97 Å². The maximum absolute atomic E-state index is 16.0. The molecule has 6 aliphatic rings. The second-order valence-corrected chi connectivity index (χ2v) is 11.0. The molecule has 0 aromatic rings. The molecule has 1 aliphatic heterocycles. The predicted octanol–water partition coefficient (Wildman–Crippen LogP) is 4.71. The van der Waals surface area contributed by atoms with E-state index in [1.807, 2.05) is 12.2 Å². The number of rotatable bonds is 0. The third kappa shape index (κ3) is 1.86. The van der Waals surface area contributed by atoms with Crippen LogP contribution in [0.4, 0.5) is 4.39 Å². The van der Waals surface area contributed by atoms with Crippen LogP contribution in [0, 0.1) is 34.0 Å². The summed E-state index contributed by atoms with van der Waals surface area (Å²) in [5.41, 5.74) is 0.254. The van der Waals surface area contributed by atoms with Crippen LogP contribution >= 0.6 is 0 Å². The summed E-state index contributed by atoms with van der Waals surface area (Å²) in [6.07, 6.45) is 11.5. The first-order chi connectivity index (χ1) is 13.2. The number of ketones is 1. The van der Waals surface area contributed by atoms with E-state index in [1.54, 1.807) is 6.08 Å². The van der Waals surface area contributed by atoms with Gasteiger partial charge in [-0.1, -0.05) is 25.5 Å². The van der Waals surface area contributed by atoms with Crippen molar-refractivity contribution in [1.29, 1.82) is 0 Å². The summed E-state index contributed by atoms with van der Waals surface area (Å²) in [6, 6.07) is 0. The Morgan fingerprint density at radius 2 is 1.89 bits per heavy atom. The van der Waals surface area contributed by atoms with E-state index in [9.17, 15) is 9.59 Å². The second kappa shape index (κ2) is 4.99. The first kappa shape index (κ1) is 17.4. The summed E-state index contributed by atoms with van der Waals surface area (Å²) in [4.78, 5) is 24.1. The first-order valence-electron chi connectivity index (χ1n) is 11.0. The Morgan fingerprint density at radius 3 is 2.57 bits per heavy atom. The monoisotopic (exact) mass is 384 g/mol. The van der Waals surface area contributed by atoms with Gasteiger partial charge in [-0.2, -0.15) is 0 Å². The zero-order valence-electron chi connectivity index (χ0n) is 16.8. The first-order valence-corrected chi connectivity index (χ1v) is 11.0. The van der Waals surface area contributed by atoms with Crippen molar-refractivity contribution in [3.63, 3.8) is 0 Å². The van der Waals surface area contributed by atoms with Gasteiger partial charge in [-0.25, -0.2) is 4.39 Å². The van der Waals surface area contributed by atoms with Crippen molar-refractivity contribution >= 4 is 11.8 Å². The van der Waals surface area contributed by atoms with Crippen LogP contribution in [0.25, 0.3) is 0 Å². The fourth-order valence-corrected chi connectivity index (χ4v) is 8.59. The van der Waals surface area contributed by atoms with Crippen LogP contribution in [0.1, 0.15) is 65.2 Å². The Hall–Kier alpha value is -1.45. The van der Waals surface area contributed by atoms with Crippen molar-refractivity contribution in [3.8, 4) is 0 Å². The van der Waals surface area contributed by atoms with Gasteiger partial charge in [0, 0.05) is 23.2 Å². The molecule has 0 aromatic heterocycles. The third-order valence-corrected chi connectivity index (χ3v) is 9.95. The number of hydrogen-bond donors (Lipinski definition) is 0. The molecule has 5 fully saturated rings. The number of carbonyl (C=O) groups excluding carboxylic acids is 2. The molecular formula is C24H29FO3. The number of allylic oxidation sites excluding steroid dienone is 4. The van der Waals surface area contributed by atoms with Gasteiger partial charge in [0.25, 0.3) is 0 Å². The van der Waals surface area contributed by atoms with Gasteiger partial charge < -0.3 is 4.74 Å². The Balaban J connectivity index is 1.45. The molecule has 0 amide bonds. The molecule has 5 aliphatic carbocycles. The summed E-state index contributed by atoms with van der Waals surface area (Å²) in [7, 11) is 0. The fourth-order valence-electron chi connectivity index (χ4n) is 8.59. The number of alkyl halides is 1. The molecule has 4 saturated carbocycles. The van der Waals surface area contributed by atoms with E-state index in [0.717, 1.165) is 38.5 Å². The molecule has 150 valence electrons. The normalized spacial score (nSPS) is 52.9. The molecule has 0 radical (unpaired) electrons. The molecule has 0 N–H and O–H groups in total. The number of esters is 1. The van der Waals surface area contributed by atoms with Gasteiger partial charge in [0.1, 0.15) is 11.8 Å². The van der Waals surface area contributed by atoms with Crippen molar-refractivity contribution in [3.05, 3.63) is 23.8 Å². The van der Waals surface area contributed by atoms with Gasteiger partial charge in [-0.3, -0.25) is 9.59 Å². The molecule has 2 spiro atoms. The molecular weight excluding hydrogens is 355 g/mol. The minimum absolute atomic E-state index is 0.0611. The van der Waals surface area contributed by atoms with Gasteiger partial charge in [-0.05, 0) is 74.3 Å². The second-order valence-electron chi connectivity index (χ2n) is 11.0. The lowest BCUT2D eigenvalue weighted by Gasteiger charge is -2.61. The molecule has 7 atom stereocenters. The van der Waals surface area contributed by atoms with E-state index >= 15 is 4.39 Å². The van der Waals surface area contributed by atoms with Crippen LogP contribution < -0.4 is 0 Å². The van der Waals surface area contributed by atoms with Crippen molar-refractivity contribution in [2.45, 2.75) is 77.0 Å². The molecule has 3 nitrogen and oxygen atoms in total. The van der Waals surface area contributed by atoms with E-state index in [4.69, 9.17) is 4.74 Å². The lowest BCUT2D eigenvalue weighted by atomic mass is 9.44. The SMILES string of the molecule is C[C@]12C=CC(=O)C=C1C1(CC1)CC1C2[C@@H](F)C[C@@]2(C)C1CC[C@@]21CCC(=O)O1. The minimum Gasteiger partial charge on any atom is -0.458 e. The van der Waals surface area contributed by atoms with Crippen molar-refractivity contribution in [2.75, 3.05) is 0 Å². The smallest absolute Gasteiger partial charge is 0.306 e. The zero-order chi connectivity index (χ0) is 19.5. The molecule has 1 heterocycles. The fraction of sp³-hybridized carbons (Fsp3) is 0.750. The van der Waals surface area contributed by atoms with Crippen LogP contribution in [0.2, 0.25) is 0 Å². The Kier molecular flexibility index (Phi) is 3.10. The third-order valence-electron chi connectivity index (χ3n) is 9.95. The maximum Gasteiger partial charge on any atom is 0.306 e. The number of carbonyl (C=O) groups is 2. The average Bonchev–Trinajstić information content (AvgIpc) is 3.20. The van der Waals surface area contributed by atoms with E-state index in [-0.39, 0.29) is 33.9 Å². The predicted molar refractivity (Wildman–Crippen MR) is 102 cm³/mol. The van der Waals surface area contributed by atoms with Crippen LogP contribution in [-0.4, -0.2) is 23.5 Å². The van der Waals surface area contributed by atoms with Crippen LogP contribution in [0.3, 0.4) is 0 Å².